The van der Waals surface area contributed by atoms with Crippen molar-refractivity contribution in [3.8, 4) is 0 Å². The predicted octanol–water partition coefficient (Wildman–Crippen LogP) is -0.679. The van der Waals surface area contributed by atoms with Crippen LogP contribution in [0.2, 0.25) is 0 Å². The molecule has 3 atom stereocenters. The summed E-state index contributed by atoms with van der Waals surface area (Å²) < 4.78 is 0. The Morgan fingerprint density at radius 2 is 2.20 bits per heavy atom. The van der Waals surface area contributed by atoms with Crippen molar-refractivity contribution in [3.05, 3.63) is 35.1 Å². The third kappa shape index (κ3) is 3.10. The van der Waals surface area contributed by atoms with E-state index in [9.17, 15) is 24.6 Å². The minimum atomic E-state index is -1.26. The third-order valence-corrected chi connectivity index (χ3v) is 5.80. The number of aliphatic hydroxyl groups excluding tert-OH is 1. The zero-order valence-electron chi connectivity index (χ0n) is 13.3. The fraction of sp³-hybridized carbons (Fsp3) is 0.438. The molecule has 2 aliphatic heterocycles. The van der Waals surface area contributed by atoms with Crippen LogP contribution in [0.25, 0.3) is 0 Å². The van der Waals surface area contributed by atoms with Crippen molar-refractivity contribution in [1.29, 1.82) is 0 Å². The van der Waals surface area contributed by atoms with E-state index in [-0.39, 0.29) is 5.70 Å². The van der Waals surface area contributed by atoms with Crippen LogP contribution in [0.3, 0.4) is 0 Å². The first kappa shape index (κ1) is 17.7. The number of carbonyl (C=O) groups excluding carboxylic acids is 2. The summed E-state index contributed by atoms with van der Waals surface area (Å²) in [6.45, 7) is -0.422. The molecule has 0 radical (unpaired) electrons. The first-order valence-corrected chi connectivity index (χ1v) is 8.91. The van der Waals surface area contributed by atoms with Crippen LogP contribution in [0.5, 0.6) is 0 Å². The normalized spacial score (nSPS) is 26.6. The molecule has 2 amide bonds. The van der Waals surface area contributed by atoms with Gasteiger partial charge in [-0.2, -0.15) is 0 Å². The van der Waals surface area contributed by atoms with Gasteiger partial charge < -0.3 is 21.3 Å². The molecule has 2 heterocycles. The molecule has 3 aliphatic rings. The molecule has 0 unspecified atom stereocenters. The Bertz CT molecular complexity index is 715. The highest BCUT2D eigenvalue weighted by Gasteiger charge is 2.54. The Hall–Kier alpha value is -2.10. The number of thioether (sulfide) groups is 1. The predicted molar refractivity (Wildman–Crippen MR) is 91.2 cm³/mol. The van der Waals surface area contributed by atoms with Gasteiger partial charge in [0.25, 0.3) is 5.91 Å². The number of nitrogens with one attached hydrogen (secondary N) is 1. The van der Waals surface area contributed by atoms with Gasteiger partial charge in [0, 0.05) is 5.75 Å². The van der Waals surface area contributed by atoms with E-state index < -0.39 is 41.8 Å². The lowest BCUT2D eigenvalue weighted by Crippen LogP contribution is -2.71. The van der Waals surface area contributed by atoms with Gasteiger partial charge in [0.1, 0.15) is 23.2 Å². The van der Waals surface area contributed by atoms with Crippen LogP contribution in [0.4, 0.5) is 0 Å². The van der Waals surface area contributed by atoms with Crippen LogP contribution in [0.1, 0.15) is 12.8 Å². The molecule has 1 saturated heterocycles. The molecule has 0 bridgehead atoms. The third-order valence-electron chi connectivity index (χ3n) is 4.46. The van der Waals surface area contributed by atoms with Gasteiger partial charge in [-0.05, 0) is 24.0 Å². The Morgan fingerprint density at radius 1 is 1.44 bits per heavy atom. The number of β-lactam (4-membered cyclic amide) rings is 1. The summed E-state index contributed by atoms with van der Waals surface area (Å²) in [6, 6.07) is -1.64. The highest BCUT2D eigenvalue weighted by molar-refractivity contribution is 8.00. The fourth-order valence-corrected chi connectivity index (χ4v) is 4.42. The van der Waals surface area contributed by atoms with Crippen molar-refractivity contribution < 1.29 is 24.6 Å². The lowest BCUT2D eigenvalue weighted by molar-refractivity contribution is -0.150. The number of nitrogens with two attached hydrogens (primary N) is 1. The van der Waals surface area contributed by atoms with Crippen LogP contribution >= 0.6 is 11.8 Å². The van der Waals surface area contributed by atoms with Crippen molar-refractivity contribution in [2.75, 3.05) is 12.4 Å². The average Bonchev–Trinajstić information content (AvgIpc) is 2.64. The number of hydrogen-bond donors (Lipinski definition) is 4. The Morgan fingerprint density at radius 3 is 2.80 bits per heavy atom. The van der Waals surface area contributed by atoms with E-state index >= 15 is 0 Å². The first-order chi connectivity index (χ1) is 12.0. The Labute approximate surface area is 148 Å². The molecule has 9 heteroatoms. The van der Waals surface area contributed by atoms with Gasteiger partial charge in [0.2, 0.25) is 5.91 Å². The summed E-state index contributed by atoms with van der Waals surface area (Å²) in [7, 11) is 0. The smallest absolute Gasteiger partial charge is 0.352 e. The minimum Gasteiger partial charge on any atom is -0.477 e. The van der Waals surface area contributed by atoms with E-state index in [4.69, 9.17) is 5.73 Å². The van der Waals surface area contributed by atoms with E-state index in [2.05, 4.69) is 5.32 Å². The average molecular weight is 365 g/mol. The van der Waals surface area contributed by atoms with Gasteiger partial charge in [0.05, 0.1) is 6.61 Å². The molecule has 1 aliphatic carbocycles. The number of rotatable bonds is 5. The second kappa shape index (κ2) is 7.03. The van der Waals surface area contributed by atoms with Gasteiger partial charge in [-0.25, -0.2) is 4.79 Å². The molecule has 0 aromatic rings. The van der Waals surface area contributed by atoms with Gasteiger partial charge in [-0.3, -0.25) is 14.5 Å². The summed E-state index contributed by atoms with van der Waals surface area (Å²) in [5.74, 6) is -1.92. The molecular formula is C16H19N3O5S. The number of carboxylic acids is 1. The number of amides is 2. The molecule has 8 nitrogen and oxygen atoms in total. The molecule has 0 aromatic heterocycles. The van der Waals surface area contributed by atoms with Crippen LogP contribution in [0, 0.1) is 0 Å². The topological polar surface area (TPSA) is 133 Å². The summed E-state index contributed by atoms with van der Waals surface area (Å²) in [5.41, 5.74) is 6.87. The number of hydrogen-bond acceptors (Lipinski definition) is 6. The van der Waals surface area contributed by atoms with Crippen molar-refractivity contribution in [2.45, 2.75) is 30.3 Å². The standard InChI is InChI=1S/C16H19N3O5S/c17-10(8-4-2-1-3-5-8)13(21)18-11-14(22)19-12(16(23)24)9(6-20)7-25-15(11)19/h1-2,5,10-11,15,20H,3-4,6-7,17H2,(H,18,21)(H,23,24)/t10-,11-,15-/m1/s1. The van der Waals surface area contributed by atoms with Gasteiger partial charge in [-0.15, -0.1) is 11.8 Å². The number of aliphatic carboxylic acids is 1. The summed E-state index contributed by atoms with van der Waals surface area (Å²) in [4.78, 5) is 37.2. The molecule has 5 N–H and O–H groups in total. The molecule has 0 spiro atoms. The van der Waals surface area contributed by atoms with Crippen LogP contribution in [-0.2, 0) is 14.4 Å². The molecule has 0 saturated carbocycles. The van der Waals surface area contributed by atoms with E-state index in [1.54, 1.807) is 0 Å². The SMILES string of the molecule is N[C@@H](C(=O)N[C@@H]1C(=O)N2C(C(=O)O)=C(CO)CS[C@H]12)C1=CCC=CC1. The van der Waals surface area contributed by atoms with Gasteiger partial charge in [-0.1, -0.05) is 18.2 Å². The number of nitrogens with zero attached hydrogens (tertiary/aromatic N) is 1. The van der Waals surface area contributed by atoms with Crippen LogP contribution < -0.4 is 11.1 Å². The highest BCUT2D eigenvalue weighted by atomic mass is 32.2. The number of allylic oxidation sites excluding steroid dienone is 3. The molecule has 3 rings (SSSR count). The molecular weight excluding hydrogens is 346 g/mol. The number of carbonyl (C=O) groups is 3. The molecule has 0 aromatic carbocycles. The summed E-state index contributed by atoms with van der Waals surface area (Å²) in [6.07, 6.45) is 7.15. The van der Waals surface area contributed by atoms with Gasteiger partial charge in [0.15, 0.2) is 0 Å². The van der Waals surface area contributed by atoms with E-state index in [1.807, 2.05) is 18.2 Å². The second-order valence-electron chi connectivity index (χ2n) is 5.98. The van der Waals surface area contributed by atoms with Crippen molar-refractivity contribution in [1.82, 2.24) is 10.2 Å². The van der Waals surface area contributed by atoms with Crippen LogP contribution in [-0.4, -0.2) is 62.7 Å². The highest BCUT2D eigenvalue weighted by Crippen LogP contribution is 2.40. The molecule has 1 fully saturated rings. The van der Waals surface area contributed by atoms with Crippen LogP contribution in [0.15, 0.2) is 35.1 Å². The maximum absolute atomic E-state index is 12.4. The van der Waals surface area contributed by atoms with E-state index in [0.717, 1.165) is 16.9 Å². The fourth-order valence-electron chi connectivity index (χ4n) is 3.09. The zero-order chi connectivity index (χ0) is 18.1. The van der Waals surface area contributed by atoms with Gasteiger partial charge >= 0.3 is 5.97 Å². The quantitative estimate of drug-likeness (QED) is 0.375. The van der Waals surface area contributed by atoms with E-state index in [0.29, 0.717) is 17.7 Å². The zero-order valence-corrected chi connectivity index (χ0v) is 14.2. The van der Waals surface area contributed by atoms with Crippen molar-refractivity contribution >= 4 is 29.5 Å². The Kier molecular flexibility index (Phi) is 4.98. The number of carboxylic acid groups (broad SMARTS) is 1. The van der Waals surface area contributed by atoms with Crippen molar-refractivity contribution in [3.63, 3.8) is 0 Å². The minimum absolute atomic E-state index is 0.189. The first-order valence-electron chi connectivity index (χ1n) is 7.86. The summed E-state index contributed by atoms with van der Waals surface area (Å²) >= 11 is 1.31. The molecule has 25 heavy (non-hydrogen) atoms. The Balaban J connectivity index is 1.69. The lowest BCUT2D eigenvalue weighted by Gasteiger charge is -2.49. The van der Waals surface area contributed by atoms with Crippen molar-refractivity contribution in [2.24, 2.45) is 5.73 Å². The maximum Gasteiger partial charge on any atom is 0.352 e. The summed E-state index contributed by atoms with van der Waals surface area (Å²) in [5, 5.41) is 20.7. The second-order valence-corrected chi connectivity index (χ2v) is 7.08. The lowest BCUT2D eigenvalue weighted by atomic mass is 9.97. The number of aliphatic hydroxyl groups is 1. The number of fused-ring (bicyclic) bond motifs is 1. The molecule has 134 valence electrons. The largest absolute Gasteiger partial charge is 0.477 e. The maximum atomic E-state index is 12.4. The monoisotopic (exact) mass is 365 g/mol. The van der Waals surface area contributed by atoms with E-state index in [1.165, 1.54) is 11.8 Å².